The van der Waals surface area contributed by atoms with E-state index in [0.717, 1.165) is 31.0 Å². The van der Waals surface area contributed by atoms with Gasteiger partial charge in [0.1, 0.15) is 5.82 Å². The maximum absolute atomic E-state index is 11.2. The Balaban J connectivity index is 2.16. The molecule has 0 radical (unpaired) electrons. The normalized spacial score (nSPS) is 19.0. The summed E-state index contributed by atoms with van der Waals surface area (Å²) in [5.41, 5.74) is 6.25. The standard InChI is InChI=1S/C12H19N5O/c1-3-14-12-15-8(2)6-10(16-12)17-5-4-9(7-17)11(13)18/h6,9H,3-5,7H2,1-2H3,(H2,13,18)(H,14,15,16). The Morgan fingerprint density at radius 1 is 1.61 bits per heavy atom. The Labute approximate surface area is 107 Å². The van der Waals surface area contributed by atoms with Gasteiger partial charge in [-0.3, -0.25) is 4.79 Å². The molecule has 0 spiro atoms. The van der Waals surface area contributed by atoms with Crippen molar-refractivity contribution in [3.63, 3.8) is 0 Å². The number of carbonyl (C=O) groups is 1. The van der Waals surface area contributed by atoms with E-state index in [1.807, 2.05) is 19.9 Å². The monoisotopic (exact) mass is 249 g/mol. The minimum atomic E-state index is -0.227. The summed E-state index contributed by atoms with van der Waals surface area (Å²) in [5, 5.41) is 3.11. The quantitative estimate of drug-likeness (QED) is 0.813. The minimum absolute atomic E-state index is 0.0668. The van der Waals surface area contributed by atoms with Crippen LogP contribution in [0.15, 0.2) is 6.07 Å². The van der Waals surface area contributed by atoms with Crippen LogP contribution in [0.5, 0.6) is 0 Å². The summed E-state index contributed by atoms with van der Waals surface area (Å²) in [6, 6.07) is 1.93. The highest BCUT2D eigenvalue weighted by molar-refractivity contribution is 5.78. The van der Waals surface area contributed by atoms with Gasteiger partial charge in [-0.1, -0.05) is 0 Å². The predicted octanol–water partition coefficient (Wildman–Crippen LogP) is 0.528. The van der Waals surface area contributed by atoms with Crippen LogP contribution in [0.1, 0.15) is 19.0 Å². The predicted molar refractivity (Wildman–Crippen MR) is 70.4 cm³/mol. The van der Waals surface area contributed by atoms with E-state index in [1.165, 1.54) is 0 Å². The van der Waals surface area contributed by atoms with Crippen LogP contribution in [0, 0.1) is 12.8 Å². The Hall–Kier alpha value is -1.85. The van der Waals surface area contributed by atoms with Gasteiger partial charge in [0, 0.05) is 31.4 Å². The lowest BCUT2D eigenvalue weighted by Gasteiger charge is -2.18. The van der Waals surface area contributed by atoms with Gasteiger partial charge in [-0.15, -0.1) is 0 Å². The molecule has 1 saturated heterocycles. The van der Waals surface area contributed by atoms with E-state index >= 15 is 0 Å². The van der Waals surface area contributed by atoms with E-state index in [0.29, 0.717) is 12.5 Å². The van der Waals surface area contributed by atoms with Gasteiger partial charge in [-0.25, -0.2) is 4.98 Å². The van der Waals surface area contributed by atoms with E-state index in [9.17, 15) is 4.79 Å². The van der Waals surface area contributed by atoms with Gasteiger partial charge in [-0.2, -0.15) is 4.98 Å². The van der Waals surface area contributed by atoms with Crippen molar-refractivity contribution in [1.29, 1.82) is 0 Å². The van der Waals surface area contributed by atoms with Crippen molar-refractivity contribution in [2.24, 2.45) is 11.7 Å². The van der Waals surface area contributed by atoms with Gasteiger partial charge < -0.3 is 16.0 Å². The molecule has 1 fully saturated rings. The molecule has 1 unspecified atom stereocenters. The number of aromatic nitrogens is 2. The molecule has 1 amide bonds. The molecule has 0 aliphatic carbocycles. The average Bonchev–Trinajstić information content (AvgIpc) is 2.78. The highest BCUT2D eigenvalue weighted by atomic mass is 16.1. The lowest BCUT2D eigenvalue weighted by Crippen LogP contribution is -2.28. The lowest BCUT2D eigenvalue weighted by molar-refractivity contribution is -0.121. The van der Waals surface area contributed by atoms with Crippen molar-refractivity contribution in [3.05, 3.63) is 11.8 Å². The fourth-order valence-electron chi connectivity index (χ4n) is 2.15. The Bertz CT molecular complexity index is 448. The van der Waals surface area contributed by atoms with Gasteiger partial charge in [0.2, 0.25) is 11.9 Å². The summed E-state index contributed by atoms with van der Waals surface area (Å²) < 4.78 is 0. The number of amides is 1. The molecule has 2 rings (SSSR count). The van der Waals surface area contributed by atoms with Crippen LogP contribution in [-0.2, 0) is 4.79 Å². The third-order valence-electron chi connectivity index (χ3n) is 3.09. The van der Waals surface area contributed by atoms with Crippen molar-refractivity contribution in [2.45, 2.75) is 20.3 Å². The zero-order valence-corrected chi connectivity index (χ0v) is 10.8. The summed E-state index contributed by atoms with van der Waals surface area (Å²) >= 11 is 0. The van der Waals surface area contributed by atoms with E-state index in [1.54, 1.807) is 0 Å². The SMILES string of the molecule is CCNc1nc(C)cc(N2CCC(C(N)=O)C2)n1. The molecule has 0 aromatic carbocycles. The molecule has 1 aliphatic heterocycles. The number of anilines is 2. The minimum Gasteiger partial charge on any atom is -0.369 e. The summed E-state index contributed by atoms with van der Waals surface area (Å²) in [4.78, 5) is 22.0. The largest absolute Gasteiger partial charge is 0.369 e. The molecule has 1 aromatic rings. The number of nitrogens with zero attached hydrogens (tertiary/aromatic N) is 3. The number of nitrogens with two attached hydrogens (primary N) is 1. The maximum Gasteiger partial charge on any atom is 0.224 e. The molecule has 3 N–H and O–H groups in total. The number of hydrogen-bond donors (Lipinski definition) is 2. The second-order valence-corrected chi connectivity index (χ2v) is 4.56. The average molecular weight is 249 g/mol. The maximum atomic E-state index is 11.2. The van der Waals surface area contributed by atoms with Crippen LogP contribution < -0.4 is 16.0 Å². The first-order valence-corrected chi connectivity index (χ1v) is 6.24. The molecule has 98 valence electrons. The van der Waals surface area contributed by atoms with Crippen LogP contribution in [0.2, 0.25) is 0 Å². The molecule has 1 aliphatic rings. The molecule has 6 heteroatoms. The van der Waals surface area contributed by atoms with Crippen LogP contribution in [0.4, 0.5) is 11.8 Å². The highest BCUT2D eigenvalue weighted by Crippen LogP contribution is 2.23. The molecule has 18 heavy (non-hydrogen) atoms. The van der Waals surface area contributed by atoms with Crippen LogP contribution >= 0.6 is 0 Å². The highest BCUT2D eigenvalue weighted by Gasteiger charge is 2.27. The number of aryl methyl sites for hydroxylation is 1. The topological polar surface area (TPSA) is 84.1 Å². The Morgan fingerprint density at radius 2 is 2.39 bits per heavy atom. The fraction of sp³-hybridized carbons (Fsp3) is 0.583. The van der Waals surface area contributed by atoms with Crippen LogP contribution in [0.3, 0.4) is 0 Å². The van der Waals surface area contributed by atoms with Crippen molar-refractivity contribution >= 4 is 17.7 Å². The molecule has 0 bridgehead atoms. The molecule has 2 heterocycles. The van der Waals surface area contributed by atoms with E-state index in [4.69, 9.17) is 5.73 Å². The smallest absolute Gasteiger partial charge is 0.224 e. The number of carbonyl (C=O) groups excluding carboxylic acids is 1. The summed E-state index contributed by atoms with van der Waals surface area (Å²) in [5.74, 6) is 1.20. The summed E-state index contributed by atoms with van der Waals surface area (Å²) in [6.07, 6.45) is 0.801. The summed E-state index contributed by atoms with van der Waals surface area (Å²) in [6.45, 7) is 6.19. The van der Waals surface area contributed by atoms with Gasteiger partial charge in [0.15, 0.2) is 0 Å². The first-order chi connectivity index (χ1) is 8.60. The number of primary amides is 1. The number of hydrogen-bond acceptors (Lipinski definition) is 5. The molecule has 1 aromatic heterocycles. The third-order valence-corrected chi connectivity index (χ3v) is 3.09. The lowest BCUT2D eigenvalue weighted by atomic mass is 10.1. The molecule has 1 atom stereocenters. The first kappa shape index (κ1) is 12.6. The molecular formula is C12H19N5O. The van der Waals surface area contributed by atoms with Crippen molar-refractivity contribution < 1.29 is 4.79 Å². The van der Waals surface area contributed by atoms with Crippen molar-refractivity contribution in [2.75, 3.05) is 29.9 Å². The fourth-order valence-corrected chi connectivity index (χ4v) is 2.15. The van der Waals surface area contributed by atoms with Gasteiger partial charge in [0.05, 0.1) is 5.92 Å². The summed E-state index contributed by atoms with van der Waals surface area (Å²) in [7, 11) is 0. The Kier molecular flexibility index (Phi) is 3.64. The van der Waals surface area contributed by atoms with Gasteiger partial charge in [0.25, 0.3) is 0 Å². The molecule has 0 saturated carbocycles. The first-order valence-electron chi connectivity index (χ1n) is 6.24. The number of nitrogens with one attached hydrogen (secondary N) is 1. The molecular weight excluding hydrogens is 230 g/mol. The van der Waals surface area contributed by atoms with Crippen LogP contribution in [-0.4, -0.2) is 35.5 Å². The van der Waals surface area contributed by atoms with Crippen LogP contribution in [0.25, 0.3) is 0 Å². The zero-order valence-electron chi connectivity index (χ0n) is 10.8. The van der Waals surface area contributed by atoms with Crippen molar-refractivity contribution in [1.82, 2.24) is 9.97 Å². The van der Waals surface area contributed by atoms with Crippen molar-refractivity contribution in [3.8, 4) is 0 Å². The number of rotatable bonds is 4. The second-order valence-electron chi connectivity index (χ2n) is 4.56. The van der Waals surface area contributed by atoms with Gasteiger partial charge in [-0.05, 0) is 20.3 Å². The zero-order chi connectivity index (χ0) is 13.1. The van der Waals surface area contributed by atoms with E-state index in [2.05, 4.69) is 20.2 Å². The molecule has 6 nitrogen and oxygen atoms in total. The third kappa shape index (κ3) is 2.69. The van der Waals surface area contributed by atoms with Gasteiger partial charge >= 0.3 is 0 Å². The second kappa shape index (κ2) is 5.20. The van der Waals surface area contributed by atoms with E-state index < -0.39 is 0 Å². The Morgan fingerprint density at radius 3 is 3.00 bits per heavy atom. The van der Waals surface area contributed by atoms with E-state index in [-0.39, 0.29) is 11.8 Å².